The maximum absolute atomic E-state index is 10.6. The van der Waals surface area contributed by atoms with Crippen LogP contribution in [0, 0.1) is 0 Å². The van der Waals surface area contributed by atoms with E-state index >= 15 is 0 Å². The molecular formula is C4H4N2O2Sn. The van der Waals surface area contributed by atoms with Crippen LogP contribution < -0.4 is 0 Å². The van der Waals surface area contributed by atoms with Crippen LogP contribution in [0.3, 0.4) is 0 Å². The molecule has 0 fully saturated rings. The third kappa shape index (κ3) is 1.51. The summed E-state index contributed by atoms with van der Waals surface area (Å²) >= 11 is -0.796. The van der Waals surface area contributed by atoms with E-state index in [1.807, 2.05) is 0 Å². The standard InChI is InChI=1S/C4H4N2O2.Sn/c1-6-3(5)4(7)8-2;/h1H,2H3;/q-1;+1. The van der Waals surface area contributed by atoms with E-state index in [0.29, 0.717) is 0 Å². The normalized spacial score (nSPS) is 15.4. The van der Waals surface area contributed by atoms with Gasteiger partial charge in [-0.1, -0.05) is 0 Å². The zero-order valence-corrected chi connectivity index (χ0v) is 7.64. The Kier molecular flexibility index (Phi) is 2.21. The van der Waals surface area contributed by atoms with Crippen molar-refractivity contribution >= 4 is 37.5 Å². The van der Waals surface area contributed by atoms with E-state index in [9.17, 15) is 4.79 Å². The Hall–Kier alpha value is -0.391. The number of hydrogen-bond acceptors (Lipinski definition) is 4. The number of amidine groups is 1. The summed E-state index contributed by atoms with van der Waals surface area (Å²) in [7, 11) is 1.32. The molecule has 0 unspecified atom stereocenters. The zero-order valence-electron chi connectivity index (χ0n) is 4.79. The second kappa shape index (κ2) is 2.95. The first-order valence-corrected chi connectivity index (χ1v) is 5.21. The van der Waals surface area contributed by atoms with Crippen LogP contribution >= 0.6 is 0 Å². The summed E-state index contributed by atoms with van der Waals surface area (Å²) < 4.78 is 10.0. The van der Waals surface area contributed by atoms with Crippen LogP contribution in [0.4, 0.5) is 0 Å². The topological polar surface area (TPSA) is 51.0 Å². The van der Waals surface area contributed by atoms with Crippen molar-refractivity contribution in [1.82, 2.24) is 0 Å². The van der Waals surface area contributed by atoms with Crippen LogP contribution in [-0.2, 0) is 9.53 Å². The van der Waals surface area contributed by atoms with Gasteiger partial charge in [0.05, 0.1) is 0 Å². The van der Waals surface area contributed by atoms with Crippen LogP contribution in [-0.4, -0.2) is 44.6 Å². The number of ether oxygens (including phenoxy) is 1. The third-order valence-electron chi connectivity index (χ3n) is 0.783. The molecular weight excluding hydrogens is 227 g/mol. The molecule has 4 nitrogen and oxygen atoms in total. The molecule has 9 heavy (non-hydrogen) atoms. The third-order valence-corrected chi connectivity index (χ3v) is 2.45. The van der Waals surface area contributed by atoms with Gasteiger partial charge in [0.2, 0.25) is 0 Å². The second-order valence-corrected chi connectivity index (χ2v) is 3.43. The molecule has 0 saturated heterocycles. The van der Waals surface area contributed by atoms with E-state index in [1.165, 1.54) is 7.11 Å². The molecule has 46 valence electrons. The summed E-state index contributed by atoms with van der Waals surface area (Å²) in [5.74, 6) is -0.186. The fraction of sp³-hybridized carbons (Fsp3) is 0.250. The van der Waals surface area contributed by atoms with Crippen molar-refractivity contribution in [2.24, 2.45) is 8.21 Å². The SMILES string of the molecule is COC(=O)C1=[N][Sn][CH]=N1. The molecule has 5 heteroatoms. The van der Waals surface area contributed by atoms with Crippen molar-refractivity contribution in [2.45, 2.75) is 0 Å². The second-order valence-electron chi connectivity index (χ2n) is 1.31. The Morgan fingerprint density at radius 1 is 1.89 bits per heavy atom. The predicted octanol–water partition coefficient (Wildman–Crippen LogP) is -0.781. The molecule has 0 aromatic heterocycles. The van der Waals surface area contributed by atoms with Gasteiger partial charge >= 0.3 is 62.3 Å². The fourth-order valence-electron chi connectivity index (χ4n) is 0.399. The van der Waals surface area contributed by atoms with Gasteiger partial charge < -0.3 is 0 Å². The van der Waals surface area contributed by atoms with Gasteiger partial charge in [-0.05, 0) is 0 Å². The summed E-state index contributed by atoms with van der Waals surface area (Å²) in [5.41, 5.74) is 0. The van der Waals surface area contributed by atoms with E-state index in [-0.39, 0.29) is 5.84 Å². The molecule has 0 saturated carbocycles. The van der Waals surface area contributed by atoms with Gasteiger partial charge in [0.1, 0.15) is 0 Å². The Bertz CT molecular complexity index is 187. The minimum atomic E-state index is -0.796. The molecule has 0 aromatic rings. The number of esters is 1. The van der Waals surface area contributed by atoms with Crippen molar-refractivity contribution in [3.8, 4) is 0 Å². The molecule has 2 radical (unpaired) electrons. The molecule has 0 atom stereocenters. The molecule has 1 rings (SSSR count). The van der Waals surface area contributed by atoms with E-state index in [4.69, 9.17) is 0 Å². The Morgan fingerprint density at radius 3 is 3.11 bits per heavy atom. The maximum atomic E-state index is 10.6. The first-order chi connectivity index (χ1) is 4.34. The number of carbonyl (C=O) groups excluding carboxylic acids is 1. The van der Waals surface area contributed by atoms with Gasteiger partial charge in [0.15, 0.2) is 0 Å². The first kappa shape index (κ1) is 6.72. The molecule has 1 aliphatic rings. The van der Waals surface area contributed by atoms with Crippen molar-refractivity contribution in [3.05, 3.63) is 0 Å². The van der Waals surface area contributed by atoms with E-state index in [1.54, 1.807) is 4.23 Å². The van der Waals surface area contributed by atoms with Crippen molar-refractivity contribution in [2.75, 3.05) is 7.11 Å². The van der Waals surface area contributed by atoms with Crippen molar-refractivity contribution < 1.29 is 9.53 Å². The molecule has 0 bridgehead atoms. The van der Waals surface area contributed by atoms with Crippen LogP contribution in [0.25, 0.3) is 0 Å². The quantitative estimate of drug-likeness (QED) is 0.439. The van der Waals surface area contributed by atoms with Gasteiger partial charge in [-0.15, -0.1) is 0 Å². The van der Waals surface area contributed by atoms with Gasteiger partial charge in [-0.2, -0.15) is 0 Å². The van der Waals surface area contributed by atoms with Crippen LogP contribution in [0.2, 0.25) is 0 Å². The molecule has 0 aliphatic carbocycles. The zero-order chi connectivity index (χ0) is 6.69. The minimum absolute atomic E-state index is 0.240. The van der Waals surface area contributed by atoms with Gasteiger partial charge in [-0.25, -0.2) is 0 Å². The molecule has 0 N–H and O–H groups in total. The monoisotopic (exact) mass is 232 g/mol. The van der Waals surface area contributed by atoms with Crippen LogP contribution in [0.1, 0.15) is 0 Å². The van der Waals surface area contributed by atoms with E-state index in [2.05, 4.69) is 12.9 Å². The first-order valence-electron chi connectivity index (χ1n) is 2.28. The summed E-state index contributed by atoms with van der Waals surface area (Å²) in [4.78, 5) is 14.3. The van der Waals surface area contributed by atoms with Crippen molar-refractivity contribution in [3.63, 3.8) is 0 Å². The number of aliphatic imine (C=N–C) groups is 1. The summed E-state index contributed by atoms with van der Waals surface area (Å²) in [6.07, 6.45) is 0. The summed E-state index contributed by atoms with van der Waals surface area (Å²) in [6, 6.07) is 0. The van der Waals surface area contributed by atoms with Gasteiger partial charge in [-0.3, -0.25) is 0 Å². The van der Waals surface area contributed by atoms with Crippen molar-refractivity contribution in [1.29, 1.82) is 0 Å². The number of rotatable bonds is 1. The van der Waals surface area contributed by atoms with Gasteiger partial charge in [0.25, 0.3) is 0 Å². The fourth-order valence-corrected chi connectivity index (χ4v) is 1.85. The average molecular weight is 231 g/mol. The number of methoxy groups -OCH3 is 1. The summed E-state index contributed by atoms with van der Waals surface area (Å²) in [6.45, 7) is 0. The predicted molar refractivity (Wildman–Crippen MR) is 33.7 cm³/mol. The average Bonchev–Trinajstić information content (AvgIpc) is 2.37. The number of hydrogen-bond donors (Lipinski definition) is 0. The van der Waals surface area contributed by atoms with E-state index in [0.717, 1.165) is 0 Å². The molecule has 1 aliphatic heterocycles. The molecule has 0 aromatic carbocycles. The summed E-state index contributed by atoms with van der Waals surface area (Å²) in [5, 5.41) is 0. The molecule has 0 spiro atoms. The number of carbonyl (C=O) groups is 1. The van der Waals surface area contributed by atoms with Crippen LogP contribution in [0.5, 0.6) is 0 Å². The van der Waals surface area contributed by atoms with E-state index < -0.39 is 27.4 Å². The molecule has 0 amide bonds. The van der Waals surface area contributed by atoms with Gasteiger partial charge in [0, 0.05) is 0 Å². The Balaban J connectivity index is 2.62. The Morgan fingerprint density at radius 2 is 2.67 bits per heavy atom. The Labute approximate surface area is 62.6 Å². The molecule has 1 heterocycles. The number of nitrogens with zero attached hydrogens (tertiary/aromatic N) is 2. The van der Waals surface area contributed by atoms with Crippen LogP contribution in [0.15, 0.2) is 8.21 Å².